The standard InChI is InChI=1S/C44H38N4/c45-27-29-17-23-33(34-9-1-7-15-42(34)48-43-16-8-4-12-37(43)39-26-30(28-46)18-24-44(39)48)38(25-29)31-19-21-32(22-20-31)47-40-13-5-2-10-35(40)36-11-3-6-14-41(36)47/h1-2,4-10,12-16,18-19,21-24,26,29,31,34,38-39,42,44H,3,11,17,20,25H2. The summed E-state index contributed by atoms with van der Waals surface area (Å²) in [5, 5.41) is 21.2. The van der Waals surface area contributed by atoms with Gasteiger partial charge in [0, 0.05) is 39.9 Å². The topological polar surface area (TPSA) is 55.8 Å². The molecule has 0 saturated heterocycles. The van der Waals surface area contributed by atoms with Crippen molar-refractivity contribution in [3.63, 3.8) is 0 Å². The van der Waals surface area contributed by atoms with E-state index in [1.807, 2.05) is 6.08 Å². The Morgan fingerprint density at radius 1 is 0.792 bits per heavy atom. The molecule has 7 unspecified atom stereocenters. The fourth-order valence-corrected chi connectivity index (χ4v) is 9.41. The molecule has 2 aromatic carbocycles. The lowest BCUT2D eigenvalue weighted by molar-refractivity contribution is 0.331. The highest BCUT2D eigenvalue weighted by Crippen LogP contribution is 2.50. The number of hydrogen-bond donors (Lipinski definition) is 0. The van der Waals surface area contributed by atoms with Crippen LogP contribution in [0.1, 0.15) is 48.4 Å². The van der Waals surface area contributed by atoms with Crippen LogP contribution < -0.4 is 4.90 Å². The lowest BCUT2D eigenvalue weighted by Crippen LogP contribution is -2.46. The van der Waals surface area contributed by atoms with Crippen LogP contribution in [0.4, 0.5) is 5.69 Å². The van der Waals surface area contributed by atoms with Crippen LogP contribution in [-0.2, 0) is 6.42 Å². The molecule has 0 amide bonds. The summed E-state index contributed by atoms with van der Waals surface area (Å²) in [6.07, 6.45) is 34.7. The third-order valence-corrected chi connectivity index (χ3v) is 11.6. The summed E-state index contributed by atoms with van der Waals surface area (Å²) in [7, 11) is 0. The van der Waals surface area contributed by atoms with E-state index in [0.717, 1.165) is 37.7 Å². The maximum Gasteiger partial charge on any atom is 0.0988 e. The summed E-state index contributed by atoms with van der Waals surface area (Å²) in [6, 6.07) is 22.9. The molecule has 1 aliphatic heterocycles. The summed E-state index contributed by atoms with van der Waals surface area (Å²) < 4.78 is 2.46. The number of aromatic nitrogens is 1. The molecule has 6 aliphatic rings. The van der Waals surface area contributed by atoms with Crippen molar-refractivity contribution in [2.45, 2.75) is 50.1 Å². The summed E-state index contributed by atoms with van der Waals surface area (Å²) >= 11 is 0. The van der Waals surface area contributed by atoms with Gasteiger partial charge in [0.25, 0.3) is 0 Å². The molecule has 9 rings (SSSR count). The van der Waals surface area contributed by atoms with Crippen LogP contribution in [0, 0.1) is 46.3 Å². The summed E-state index contributed by atoms with van der Waals surface area (Å²) in [6.45, 7) is 0. The van der Waals surface area contributed by atoms with E-state index in [-0.39, 0.29) is 35.8 Å². The second kappa shape index (κ2) is 11.7. The van der Waals surface area contributed by atoms with E-state index < -0.39 is 0 Å². The minimum Gasteiger partial charge on any atom is -0.357 e. The first kappa shape index (κ1) is 28.9. The molecule has 4 heteroatoms. The number of nitriles is 2. The van der Waals surface area contributed by atoms with Gasteiger partial charge in [-0.2, -0.15) is 10.5 Å². The van der Waals surface area contributed by atoms with Crippen molar-refractivity contribution in [1.82, 2.24) is 4.57 Å². The van der Waals surface area contributed by atoms with Crippen molar-refractivity contribution in [1.29, 1.82) is 10.5 Å². The molecule has 0 saturated carbocycles. The normalized spacial score (nSPS) is 29.8. The zero-order valence-corrected chi connectivity index (χ0v) is 27.0. The van der Waals surface area contributed by atoms with Crippen molar-refractivity contribution in [3.8, 4) is 12.1 Å². The average molecular weight is 623 g/mol. The largest absolute Gasteiger partial charge is 0.357 e. The summed E-state index contributed by atoms with van der Waals surface area (Å²) in [4.78, 5) is 2.60. The van der Waals surface area contributed by atoms with Crippen LogP contribution in [0.3, 0.4) is 0 Å². The van der Waals surface area contributed by atoms with Gasteiger partial charge in [0.2, 0.25) is 0 Å². The van der Waals surface area contributed by atoms with Crippen LogP contribution in [0.15, 0.2) is 133 Å². The van der Waals surface area contributed by atoms with Gasteiger partial charge < -0.3 is 9.47 Å². The van der Waals surface area contributed by atoms with Crippen molar-refractivity contribution in [2.24, 2.45) is 23.7 Å². The Bertz CT molecular complexity index is 2150. The van der Waals surface area contributed by atoms with Crippen LogP contribution >= 0.6 is 0 Å². The first-order chi connectivity index (χ1) is 23.7. The molecule has 0 bridgehead atoms. The van der Waals surface area contributed by atoms with Gasteiger partial charge in [-0.1, -0.05) is 103 Å². The van der Waals surface area contributed by atoms with Crippen molar-refractivity contribution < 1.29 is 0 Å². The Labute approximate surface area is 283 Å². The molecule has 4 nitrogen and oxygen atoms in total. The SMILES string of the molecule is N#CC1=CC2c3ccccc3N(C3C=CC=CC3C3=CCC(C#N)CC3C3C=CC(n4c5c(c6ccccc64)CCC=C5)=CC3)C2C=C1. The number of fused-ring (bicyclic) bond motifs is 6. The molecule has 7 atom stereocenters. The second-order valence-electron chi connectivity index (χ2n) is 14.0. The molecule has 234 valence electrons. The zero-order chi connectivity index (χ0) is 32.2. The number of allylic oxidation sites excluding steroid dienone is 10. The van der Waals surface area contributed by atoms with E-state index >= 15 is 0 Å². The number of rotatable bonds is 4. The fraction of sp³-hybridized carbons (Fsp3) is 0.273. The summed E-state index contributed by atoms with van der Waals surface area (Å²) in [5.41, 5.74) is 10.1. The van der Waals surface area contributed by atoms with Gasteiger partial charge in [0.1, 0.15) is 0 Å². The Kier molecular flexibility index (Phi) is 7.05. The van der Waals surface area contributed by atoms with Crippen LogP contribution in [0.2, 0.25) is 0 Å². The van der Waals surface area contributed by atoms with E-state index in [1.165, 1.54) is 44.7 Å². The molecule has 0 fully saturated rings. The number of benzene rings is 2. The lowest BCUT2D eigenvalue weighted by atomic mass is 9.67. The predicted molar refractivity (Wildman–Crippen MR) is 195 cm³/mol. The molecule has 2 heterocycles. The second-order valence-corrected chi connectivity index (χ2v) is 14.0. The van der Waals surface area contributed by atoms with Gasteiger partial charge in [0.05, 0.1) is 35.7 Å². The number of nitrogens with zero attached hydrogens (tertiary/aromatic N) is 4. The minimum absolute atomic E-state index is 0.0392. The minimum atomic E-state index is 0.0392. The highest BCUT2D eigenvalue weighted by molar-refractivity contribution is 5.93. The van der Waals surface area contributed by atoms with Gasteiger partial charge in [-0.3, -0.25) is 0 Å². The van der Waals surface area contributed by atoms with Gasteiger partial charge in [-0.15, -0.1) is 0 Å². The zero-order valence-electron chi connectivity index (χ0n) is 27.0. The van der Waals surface area contributed by atoms with E-state index in [1.54, 1.807) is 0 Å². The molecule has 0 radical (unpaired) electrons. The molecule has 3 aromatic rings. The Morgan fingerprint density at radius 2 is 1.65 bits per heavy atom. The number of hydrogen-bond acceptors (Lipinski definition) is 3. The molecule has 0 N–H and O–H groups in total. The number of para-hydroxylation sites is 2. The first-order valence-corrected chi connectivity index (χ1v) is 17.5. The highest BCUT2D eigenvalue weighted by atomic mass is 15.2. The van der Waals surface area contributed by atoms with Gasteiger partial charge >= 0.3 is 0 Å². The predicted octanol–water partition coefficient (Wildman–Crippen LogP) is 9.60. The van der Waals surface area contributed by atoms with E-state index in [0.29, 0.717) is 5.92 Å². The first-order valence-electron chi connectivity index (χ1n) is 17.5. The molecule has 5 aliphatic carbocycles. The lowest BCUT2D eigenvalue weighted by Gasteiger charge is -2.44. The number of anilines is 1. The van der Waals surface area contributed by atoms with Crippen molar-refractivity contribution in [3.05, 3.63) is 149 Å². The molecule has 1 aromatic heterocycles. The van der Waals surface area contributed by atoms with Gasteiger partial charge in [-0.05, 0) is 85.4 Å². The molecule has 48 heavy (non-hydrogen) atoms. The fourth-order valence-electron chi connectivity index (χ4n) is 9.41. The van der Waals surface area contributed by atoms with Gasteiger partial charge in [-0.25, -0.2) is 0 Å². The molecular weight excluding hydrogens is 585 g/mol. The Balaban J connectivity index is 1.05. The van der Waals surface area contributed by atoms with Crippen LogP contribution in [0.5, 0.6) is 0 Å². The van der Waals surface area contributed by atoms with E-state index in [4.69, 9.17) is 0 Å². The van der Waals surface area contributed by atoms with E-state index in [2.05, 4.69) is 143 Å². The third kappa shape index (κ3) is 4.55. The maximum atomic E-state index is 10.1. The molecular formula is C44H38N4. The van der Waals surface area contributed by atoms with Crippen LogP contribution in [0.25, 0.3) is 22.7 Å². The summed E-state index contributed by atoms with van der Waals surface area (Å²) in [5.74, 6) is 1.02. The average Bonchev–Trinajstić information content (AvgIpc) is 3.67. The number of aryl methyl sites for hydroxylation is 1. The Morgan fingerprint density at radius 3 is 2.52 bits per heavy atom. The van der Waals surface area contributed by atoms with Crippen LogP contribution in [-0.4, -0.2) is 16.7 Å². The van der Waals surface area contributed by atoms with E-state index in [9.17, 15) is 10.5 Å². The Hall–Kier alpha value is -5.32. The van der Waals surface area contributed by atoms with Crippen molar-refractivity contribution in [2.75, 3.05) is 4.90 Å². The molecule has 0 spiro atoms. The third-order valence-electron chi connectivity index (χ3n) is 11.6. The smallest absolute Gasteiger partial charge is 0.0988 e. The monoisotopic (exact) mass is 622 g/mol. The van der Waals surface area contributed by atoms with Gasteiger partial charge in [0.15, 0.2) is 0 Å². The highest BCUT2D eigenvalue weighted by Gasteiger charge is 2.44. The quantitative estimate of drug-likeness (QED) is 0.272. The maximum absolute atomic E-state index is 10.1. The van der Waals surface area contributed by atoms with Crippen molar-refractivity contribution >= 4 is 28.4 Å².